The van der Waals surface area contributed by atoms with E-state index in [1.807, 2.05) is 48.5 Å². The molecule has 2 unspecified atom stereocenters. The van der Waals surface area contributed by atoms with Gasteiger partial charge in [-0.2, -0.15) is 0 Å². The second kappa shape index (κ2) is 6.46. The van der Waals surface area contributed by atoms with Gasteiger partial charge in [0.15, 0.2) is 0 Å². The van der Waals surface area contributed by atoms with Crippen LogP contribution in [0, 0.1) is 0 Å². The van der Waals surface area contributed by atoms with Gasteiger partial charge in [0.25, 0.3) is 0 Å². The smallest absolute Gasteiger partial charge is 0.321 e. The lowest BCUT2D eigenvalue weighted by Gasteiger charge is -2.45. The maximum absolute atomic E-state index is 13.8. The molecular weight excluding hydrogens is 362 g/mol. The van der Waals surface area contributed by atoms with Crippen LogP contribution in [0.25, 0.3) is 0 Å². The first kappa shape index (κ1) is 18.4. The number of likely N-dealkylation sites (N-methyl/N-ethyl adjacent to an activating group) is 1. The monoisotopic (exact) mass is 390 g/mol. The number of carbonyl (C=O) groups is 1. The molecule has 29 heavy (non-hydrogen) atoms. The SMILES string of the molecule is CCC1(C(=O)OC2CC3C=C[C@H](C2)[N+]3(C)C)c2ccccc2Oc2ccccc21. The number of esters is 1. The number of hydrogen-bond donors (Lipinski definition) is 0. The van der Waals surface area contributed by atoms with E-state index in [9.17, 15) is 4.79 Å². The van der Waals surface area contributed by atoms with E-state index in [2.05, 4.69) is 33.2 Å². The Morgan fingerprint density at radius 1 is 1.00 bits per heavy atom. The molecule has 0 N–H and O–H groups in total. The van der Waals surface area contributed by atoms with Crippen LogP contribution in [0.1, 0.15) is 37.3 Å². The molecule has 1 saturated heterocycles. The van der Waals surface area contributed by atoms with Crippen LogP contribution in [0.5, 0.6) is 11.5 Å². The lowest BCUT2D eigenvalue weighted by atomic mass is 9.70. The minimum atomic E-state index is -0.834. The summed E-state index contributed by atoms with van der Waals surface area (Å²) in [5.74, 6) is 1.33. The van der Waals surface area contributed by atoms with Crippen molar-refractivity contribution >= 4 is 5.97 Å². The normalized spacial score (nSPS) is 27.5. The van der Waals surface area contributed by atoms with E-state index in [0.29, 0.717) is 18.5 Å². The van der Waals surface area contributed by atoms with Gasteiger partial charge in [0.1, 0.15) is 35.1 Å². The first-order valence-electron chi connectivity index (χ1n) is 10.6. The van der Waals surface area contributed by atoms with Gasteiger partial charge in [0.05, 0.1) is 14.1 Å². The summed E-state index contributed by atoms with van der Waals surface area (Å²) in [5, 5.41) is 0. The summed E-state index contributed by atoms with van der Waals surface area (Å²) in [7, 11) is 4.54. The predicted molar refractivity (Wildman–Crippen MR) is 112 cm³/mol. The molecule has 0 amide bonds. The van der Waals surface area contributed by atoms with Crippen molar-refractivity contribution in [2.24, 2.45) is 0 Å². The Bertz CT molecular complexity index is 930. The minimum Gasteiger partial charge on any atom is -0.461 e. The molecule has 4 heteroatoms. The summed E-state index contributed by atoms with van der Waals surface area (Å²) in [5.41, 5.74) is 0.971. The summed E-state index contributed by atoms with van der Waals surface area (Å²) < 4.78 is 13.4. The van der Waals surface area contributed by atoms with Crippen LogP contribution in [0.15, 0.2) is 60.7 Å². The number of rotatable bonds is 3. The molecule has 2 aromatic rings. The van der Waals surface area contributed by atoms with Crippen molar-refractivity contribution in [3.63, 3.8) is 0 Å². The maximum atomic E-state index is 13.8. The Morgan fingerprint density at radius 3 is 2.03 bits per heavy atom. The number of piperidine rings is 1. The van der Waals surface area contributed by atoms with Crippen LogP contribution in [-0.4, -0.2) is 42.7 Å². The van der Waals surface area contributed by atoms with Gasteiger partial charge in [-0.05, 0) is 30.7 Å². The standard InChI is InChI=1S/C25H28NO3/c1-4-25(24(27)28-19-15-17-13-14-18(16-19)26(17,2)3)20-9-5-7-11-22(20)29-23-12-8-6-10-21(23)25/h5-14,17-19H,4,15-16H2,1-3H3/q+1/t17-,18?,19?/m1/s1. The number of nitrogens with zero attached hydrogens (tertiary/aromatic N) is 1. The van der Waals surface area contributed by atoms with Crippen LogP contribution in [-0.2, 0) is 14.9 Å². The summed E-state index contributed by atoms with van der Waals surface area (Å²) in [6.45, 7) is 2.06. The lowest BCUT2D eigenvalue weighted by molar-refractivity contribution is -0.926. The van der Waals surface area contributed by atoms with Crippen molar-refractivity contribution in [3.05, 3.63) is 71.8 Å². The third-order valence-corrected chi connectivity index (χ3v) is 7.34. The van der Waals surface area contributed by atoms with Gasteiger partial charge >= 0.3 is 5.97 Å². The van der Waals surface area contributed by atoms with Crippen molar-refractivity contribution in [1.29, 1.82) is 0 Å². The first-order chi connectivity index (χ1) is 14.0. The molecule has 3 aliphatic heterocycles. The van der Waals surface area contributed by atoms with Crippen LogP contribution in [0.3, 0.4) is 0 Å². The van der Waals surface area contributed by atoms with Crippen molar-refractivity contribution in [2.75, 3.05) is 14.1 Å². The molecule has 1 fully saturated rings. The van der Waals surface area contributed by atoms with Crippen molar-refractivity contribution < 1.29 is 18.8 Å². The molecule has 5 rings (SSSR count). The van der Waals surface area contributed by atoms with Gasteiger partial charge in [-0.1, -0.05) is 43.3 Å². The van der Waals surface area contributed by atoms with E-state index in [1.165, 1.54) is 0 Å². The van der Waals surface area contributed by atoms with Crippen molar-refractivity contribution in [1.82, 2.24) is 0 Å². The number of hydrogen-bond acceptors (Lipinski definition) is 3. The average Bonchev–Trinajstić information content (AvgIpc) is 2.88. The number of fused-ring (bicyclic) bond motifs is 4. The fourth-order valence-electron chi connectivity index (χ4n) is 5.45. The summed E-state index contributed by atoms with van der Waals surface area (Å²) in [6, 6.07) is 16.5. The Hall–Kier alpha value is -2.59. The van der Waals surface area contributed by atoms with Crippen LogP contribution in [0.2, 0.25) is 0 Å². The zero-order valence-electron chi connectivity index (χ0n) is 17.3. The van der Waals surface area contributed by atoms with Gasteiger partial charge in [0, 0.05) is 24.0 Å². The Morgan fingerprint density at radius 2 is 1.52 bits per heavy atom. The topological polar surface area (TPSA) is 35.5 Å². The number of quaternary nitrogens is 1. The molecule has 0 radical (unpaired) electrons. The molecule has 0 saturated carbocycles. The zero-order chi connectivity index (χ0) is 20.2. The average molecular weight is 391 g/mol. The highest BCUT2D eigenvalue weighted by molar-refractivity contribution is 5.90. The predicted octanol–water partition coefficient (Wildman–Crippen LogP) is 4.58. The second-order valence-electron chi connectivity index (χ2n) is 9.00. The molecule has 0 aliphatic carbocycles. The van der Waals surface area contributed by atoms with Gasteiger partial charge in [0.2, 0.25) is 0 Å². The third kappa shape index (κ3) is 2.58. The number of para-hydroxylation sites is 2. The van der Waals surface area contributed by atoms with E-state index in [1.54, 1.807) is 0 Å². The molecule has 2 aromatic carbocycles. The van der Waals surface area contributed by atoms with Crippen molar-refractivity contribution in [3.8, 4) is 11.5 Å². The van der Waals surface area contributed by atoms with E-state index in [-0.39, 0.29) is 12.1 Å². The highest BCUT2D eigenvalue weighted by atomic mass is 16.5. The fraction of sp³-hybridized carbons (Fsp3) is 0.400. The van der Waals surface area contributed by atoms with Crippen LogP contribution >= 0.6 is 0 Å². The minimum absolute atomic E-state index is 0.0516. The van der Waals surface area contributed by atoms with Crippen LogP contribution < -0.4 is 4.74 Å². The number of carbonyl (C=O) groups excluding carboxylic acids is 1. The lowest BCUT2D eigenvalue weighted by Crippen LogP contribution is -2.57. The summed E-state index contributed by atoms with van der Waals surface area (Å²) in [4.78, 5) is 13.8. The number of benzene rings is 2. The van der Waals surface area contributed by atoms with Gasteiger partial charge < -0.3 is 14.0 Å². The Labute approximate surface area is 172 Å². The van der Waals surface area contributed by atoms with E-state index < -0.39 is 5.41 Å². The second-order valence-corrected chi connectivity index (χ2v) is 9.00. The highest BCUT2D eigenvalue weighted by Crippen LogP contribution is 2.51. The third-order valence-electron chi connectivity index (χ3n) is 7.34. The van der Waals surface area contributed by atoms with Gasteiger partial charge in [-0.25, -0.2) is 0 Å². The van der Waals surface area contributed by atoms with E-state index >= 15 is 0 Å². The molecule has 4 nitrogen and oxygen atoms in total. The quantitative estimate of drug-likeness (QED) is 0.437. The van der Waals surface area contributed by atoms with Gasteiger partial charge in [-0.3, -0.25) is 4.79 Å². The molecule has 0 spiro atoms. The fourth-order valence-corrected chi connectivity index (χ4v) is 5.45. The summed E-state index contributed by atoms with van der Waals surface area (Å²) >= 11 is 0. The molecule has 3 heterocycles. The molecular formula is C25H28NO3+. The number of ether oxygens (including phenoxy) is 2. The zero-order valence-corrected chi connectivity index (χ0v) is 17.3. The van der Waals surface area contributed by atoms with Crippen LogP contribution in [0.4, 0.5) is 0 Å². The van der Waals surface area contributed by atoms with Gasteiger partial charge in [-0.15, -0.1) is 0 Å². The largest absolute Gasteiger partial charge is 0.461 e. The molecule has 0 aromatic heterocycles. The van der Waals surface area contributed by atoms with Crippen molar-refractivity contribution in [2.45, 2.75) is 49.8 Å². The van der Waals surface area contributed by atoms with E-state index in [4.69, 9.17) is 9.47 Å². The first-order valence-corrected chi connectivity index (χ1v) is 10.6. The molecule has 3 atom stereocenters. The Kier molecular flexibility index (Phi) is 4.11. The summed E-state index contributed by atoms with van der Waals surface area (Å²) in [6.07, 6.45) is 6.93. The highest BCUT2D eigenvalue weighted by Gasteiger charge is 2.51. The maximum Gasteiger partial charge on any atom is 0.321 e. The Balaban J connectivity index is 1.52. The molecule has 2 bridgehead atoms. The molecule has 150 valence electrons. The molecule has 3 aliphatic rings. The van der Waals surface area contributed by atoms with E-state index in [0.717, 1.165) is 40.0 Å².